The van der Waals surface area contributed by atoms with Crippen molar-refractivity contribution in [1.29, 1.82) is 0 Å². The van der Waals surface area contributed by atoms with Gasteiger partial charge in [-0.05, 0) is 47.0 Å². The molecule has 110 valence electrons. The Kier molecular flexibility index (Phi) is 7.22. The molecule has 1 aromatic carbocycles. The van der Waals surface area contributed by atoms with Crippen molar-refractivity contribution in [3.8, 4) is 0 Å². The summed E-state index contributed by atoms with van der Waals surface area (Å²) in [5.74, 6) is -0.541. The lowest BCUT2D eigenvalue weighted by Gasteiger charge is -2.06. The van der Waals surface area contributed by atoms with Gasteiger partial charge in [0.2, 0.25) is 11.8 Å². The first-order valence-electron chi connectivity index (χ1n) is 6.50. The zero-order chi connectivity index (χ0) is 15.0. The van der Waals surface area contributed by atoms with Crippen LogP contribution >= 0.6 is 15.9 Å². The number of amides is 2. The molecular weight excluding hydrogens is 327 g/mol. The summed E-state index contributed by atoms with van der Waals surface area (Å²) in [6, 6.07) is 4.72. The maximum atomic E-state index is 13.3. The van der Waals surface area contributed by atoms with Crippen molar-refractivity contribution in [2.24, 2.45) is 0 Å². The van der Waals surface area contributed by atoms with E-state index in [0.717, 1.165) is 0 Å². The van der Waals surface area contributed by atoms with E-state index < -0.39 is 0 Å². The fourth-order valence-electron chi connectivity index (χ4n) is 1.63. The zero-order valence-corrected chi connectivity index (χ0v) is 12.9. The van der Waals surface area contributed by atoms with Crippen molar-refractivity contribution in [3.63, 3.8) is 0 Å². The quantitative estimate of drug-likeness (QED) is 0.798. The number of benzene rings is 1. The third-order valence-corrected chi connectivity index (χ3v) is 3.30. The highest BCUT2D eigenvalue weighted by atomic mass is 79.9. The first-order chi connectivity index (χ1) is 9.52. The predicted molar refractivity (Wildman–Crippen MR) is 78.5 cm³/mol. The summed E-state index contributed by atoms with van der Waals surface area (Å²) in [6.07, 6.45) is 1.14. The molecule has 1 rings (SSSR count). The molecule has 0 aromatic heterocycles. The summed E-state index contributed by atoms with van der Waals surface area (Å²) >= 11 is 3.07. The van der Waals surface area contributed by atoms with Gasteiger partial charge in [-0.25, -0.2) is 4.39 Å². The Morgan fingerprint density at radius 2 is 1.85 bits per heavy atom. The molecule has 0 saturated carbocycles. The normalized spacial score (nSPS) is 10.2. The van der Waals surface area contributed by atoms with E-state index in [0.29, 0.717) is 29.4 Å². The number of hydrogen-bond donors (Lipinski definition) is 2. The van der Waals surface area contributed by atoms with Crippen LogP contribution in [0.4, 0.5) is 4.39 Å². The molecule has 1 aromatic rings. The zero-order valence-electron chi connectivity index (χ0n) is 11.3. The largest absolute Gasteiger partial charge is 0.356 e. The third kappa shape index (κ3) is 6.14. The molecule has 0 atom stereocenters. The molecule has 0 fully saturated rings. The minimum atomic E-state index is -0.354. The van der Waals surface area contributed by atoms with Gasteiger partial charge in [0.05, 0.1) is 4.47 Å². The van der Waals surface area contributed by atoms with E-state index in [9.17, 15) is 14.0 Å². The average Bonchev–Trinajstić information content (AvgIpc) is 2.40. The minimum absolute atomic E-state index is 0.0460. The molecule has 0 bridgehead atoms. The van der Waals surface area contributed by atoms with Crippen molar-refractivity contribution in [2.75, 3.05) is 6.54 Å². The van der Waals surface area contributed by atoms with Crippen molar-refractivity contribution in [1.82, 2.24) is 10.6 Å². The maximum absolute atomic E-state index is 13.3. The van der Waals surface area contributed by atoms with Crippen LogP contribution < -0.4 is 10.6 Å². The number of carbonyl (C=O) groups is 2. The van der Waals surface area contributed by atoms with E-state index in [-0.39, 0.29) is 30.6 Å². The monoisotopic (exact) mass is 344 g/mol. The summed E-state index contributed by atoms with van der Waals surface area (Å²) in [4.78, 5) is 22.7. The van der Waals surface area contributed by atoms with Gasteiger partial charge >= 0.3 is 0 Å². The van der Waals surface area contributed by atoms with E-state index in [4.69, 9.17) is 0 Å². The standard InChI is InChI=1S/C14H18BrFN2O2/c1-2-17-13(19)4-3-5-14(20)18-9-10-6-7-11(15)12(16)8-10/h6-8H,2-5,9H2,1H3,(H,17,19)(H,18,20). The molecule has 6 heteroatoms. The highest BCUT2D eigenvalue weighted by molar-refractivity contribution is 9.10. The first kappa shape index (κ1) is 16.6. The van der Waals surface area contributed by atoms with Crippen LogP contribution in [0, 0.1) is 5.82 Å². The first-order valence-corrected chi connectivity index (χ1v) is 7.29. The van der Waals surface area contributed by atoms with Crippen molar-refractivity contribution in [2.45, 2.75) is 32.7 Å². The molecule has 20 heavy (non-hydrogen) atoms. The summed E-state index contributed by atoms with van der Waals surface area (Å²) < 4.78 is 13.7. The molecule has 2 amide bonds. The predicted octanol–water partition coefficient (Wildman–Crippen LogP) is 2.51. The lowest BCUT2D eigenvalue weighted by atomic mass is 10.2. The molecule has 0 aliphatic rings. The minimum Gasteiger partial charge on any atom is -0.356 e. The van der Waals surface area contributed by atoms with E-state index in [2.05, 4.69) is 26.6 Å². The van der Waals surface area contributed by atoms with Crippen molar-refractivity contribution < 1.29 is 14.0 Å². The highest BCUT2D eigenvalue weighted by Gasteiger charge is 2.05. The lowest BCUT2D eigenvalue weighted by molar-refractivity contribution is -0.122. The van der Waals surface area contributed by atoms with Crippen LogP contribution in [0.15, 0.2) is 22.7 Å². The molecular formula is C14H18BrFN2O2. The van der Waals surface area contributed by atoms with Gasteiger partial charge in [-0.15, -0.1) is 0 Å². The van der Waals surface area contributed by atoms with Crippen LogP contribution in [0.1, 0.15) is 31.7 Å². The molecule has 2 N–H and O–H groups in total. The number of halogens is 2. The van der Waals surface area contributed by atoms with E-state index in [1.807, 2.05) is 6.92 Å². The fourth-order valence-corrected chi connectivity index (χ4v) is 1.88. The Hall–Kier alpha value is -1.43. The molecule has 0 unspecified atom stereocenters. The summed E-state index contributed by atoms with van der Waals surface area (Å²) in [6.45, 7) is 2.73. The second-order valence-electron chi connectivity index (χ2n) is 4.33. The van der Waals surface area contributed by atoms with Crippen LogP contribution in [-0.4, -0.2) is 18.4 Å². The van der Waals surface area contributed by atoms with Crippen molar-refractivity contribution >= 4 is 27.7 Å². The smallest absolute Gasteiger partial charge is 0.220 e. The van der Waals surface area contributed by atoms with Gasteiger partial charge in [0.25, 0.3) is 0 Å². The van der Waals surface area contributed by atoms with Crippen LogP contribution in [-0.2, 0) is 16.1 Å². The number of carbonyl (C=O) groups excluding carboxylic acids is 2. The lowest BCUT2D eigenvalue weighted by Crippen LogP contribution is -2.25. The van der Waals surface area contributed by atoms with Crippen LogP contribution in [0.5, 0.6) is 0 Å². The van der Waals surface area contributed by atoms with E-state index in [1.165, 1.54) is 6.07 Å². The van der Waals surface area contributed by atoms with Gasteiger partial charge in [0, 0.05) is 25.9 Å². The number of nitrogens with one attached hydrogen (secondary N) is 2. The van der Waals surface area contributed by atoms with Crippen LogP contribution in [0.3, 0.4) is 0 Å². The van der Waals surface area contributed by atoms with Gasteiger partial charge in [-0.3, -0.25) is 9.59 Å². The van der Waals surface area contributed by atoms with Gasteiger partial charge in [-0.1, -0.05) is 6.07 Å². The Labute approximate surface area is 126 Å². The summed E-state index contributed by atoms with van der Waals surface area (Å²) in [7, 11) is 0. The number of rotatable bonds is 7. The molecule has 0 spiro atoms. The average molecular weight is 345 g/mol. The number of hydrogen-bond acceptors (Lipinski definition) is 2. The Morgan fingerprint density at radius 3 is 2.45 bits per heavy atom. The molecule has 0 radical (unpaired) electrons. The SMILES string of the molecule is CCNC(=O)CCCC(=O)NCc1ccc(Br)c(F)c1. The Morgan fingerprint density at radius 1 is 1.20 bits per heavy atom. The maximum Gasteiger partial charge on any atom is 0.220 e. The Balaban J connectivity index is 2.26. The van der Waals surface area contributed by atoms with Gasteiger partial charge < -0.3 is 10.6 Å². The highest BCUT2D eigenvalue weighted by Crippen LogP contribution is 2.16. The topological polar surface area (TPSA) is 58.2 Å². The Bertz CT molecular complexity index is 480. The molecule has 0 saturated heterocycles. The molecule has 0 aliphatic carbocycles. The fraction of sp³-hybridized carbons (Fsp3) is 0.429. The van der Waals surface area contributed by atoms with Gasteiger partial charge in [0.1, 0.15) is 5.82 Å². The molecule has 4 nitrogen and oxygen atoms in total. The van der Waals surface area contributed by atoms with Gasteiger partial charge in [0.15, 0.2) is 0 Å². The summed E-state index contributed by atoms with van der Waals surface area (Å²) in [5, 5.41) is 5.37. The van der Waals surface area contributed by atoms with Crippen molar-refractivity contribution in [3.05, 3.63) is 34.1 Å². The molecule has 0 aliphatic heterocycles. The van der Waals surface area contributed by atoms with Crippen LogP contribution in [0.2, 0.25) is 0 Å². The second kappa shape index (κ2) is 8.68. The third-order valence-electron chi connectivity index (χ3n) is 2.66. The van der Waals surface area contributed by atoms with E-state index in [1.54, 1.807) is 12.1 Å². The summed E-state index contributed by atoms with van der Waals surface area (Å²) in [5.41, 5.74) is 0.697. The van der Waals surface area contributed by atoms with Gasteiger partial charge in [-0.2, -0.15) is 0 Å². The molecule has 0 heterocycles. The van der Waals surface area contributed by atoms with E-state index >= 15 is 0 Å². The second-order valence-corrected chi connectivity index (χ2v) is 5.19. The van der Waals surface area contributed by atoms with Crippen LogP contribution in [0.25, 0.3) is 0 Å².